The lowest BCUT2D eigenvalue weighted by Gasteiger charge is -2.25. The van der Waals surface area contributed by atoms with Gasteiger partial charge in [-0.1, -0.05) is 6.92 Å². The molecule has 1 heterocycles. The van der Waals surface area contributed by atoms with Crippen LogP contribution in [0.4, 0.5) is 11.4 Å². The van der Waals surface area contributed by atoms with Crippen molar-refractivity contribution in [2.75, 3.05) is 24.2 Å². The van der Waals surface area contributed by atoms with Gasteiger partial charge in [-0.05, 0) is 44.5 Å². The van der Waals surface area contributed by atoms with Crippen LogP contribution in [0.25, 0.3) is 0 Å². The van der Waals surface area contributed by atoms with Gasteiger partial charge in [-0.25, -0.2) is 13.1 Å². The Bertz CT molecular complexity index is 571. The summed E-state index contributed by atoms with van der Waals surface area (Å²) in [5, 5.41) is 0. The highest BCUT2D eigenvalue weighted by molar-refractivity contribution is 7.89. The number of sulfonamides is 1. The van der Waals surface area contributed by atoms with Gasteiger partial charge in [-0.2, -0.15) is 0 Å². The Labute approximate surface area is 114 Å². The van der Waals surface area contributed by atoms with Crippen molar-refractivity contribution in [2.24, 2.45) is 5.92 Å². The van der Waals surface area contributed by atoms with Crippen LogP contribution >= 0.6 is 0 Å². The molecule has 5 nitrogen and oxygen atoms in total. The zero-order chi connectivity index (χ0) is 14.2. The van der Waals surface area contributed by atoms with Crippen molar-refractivity contribution in [1.82, 2.24) is 4.72 Å². The minimum atomic E-state index is -3.43. The summed E-state index contributed by atoms with van der Waals surface area (Å²) in [6.45, 7) is 5.34. The van der Waals surface area contributed by atoms with E-state index in [0.717, 1.165) is 18.7 Å². The van der Waals surface area contributed by atoms with E-state index in [0.29, 0.717) is 17.6 Å². The third-order valence-electron chi connectivity index (χ3n) is 3.67. The molecule has 6 heteroatoms. The Morgan fingerprint density at radius 3 is 2.53 bits per heavy atom. The maximum atomic E-state index is 11.7. The van der Waals surface area contributed by atoms with Gasteiger partial charge < -0.3 is 10.6 Å². The highest BCUT2D eigenvalue weighted by Gasteiger charge is 2.27. The molecule has 2 atom stereocenters. The quantitative estimate of drug-likeness (QED) is 0.823. The van der Waals surface area contributed by atoms with E-state index in [-0.39, 0.29) is 4.90 Å². The zero-order valence-electron chi connectivity index (χ0n) is 11.6. The molecule has 2 rings (SSSR count). The topological polar surface area (TPSA) is 75.4 Å². The van der Waals surface area contributed by atoms with E-state index in [2.05, 4.69) is 23.5 Å². The second-order valence-electron chi connectivity index (χ2n) is 5.27. The first-order chi connectivity index (χ1) is 8.85. The largest absolute Gasteiger partial charge is 0.397 e. The molecule has 0 saturated carbocycles. The van der Waals surface area contributed by atoms with Crippen LogP contribution in [0, 0.1) is 5.92 Å². The molecule has 106 valence electrons. The van der Waals surface area contributed by atoms with Gasteiger partial charge in [-0.3, -0.25) is 0 Å². The van der Waals surface area contributed by atoms with Crippen molar-refractivity contribution in [3.05, 3.63) is 18.2 Å². The number of rotatable bonds is 3. The van der Waals surface area contributed by atoms with Crippen molar-refractivity contribution in [2.45, 2.75) is 31.2 Å². The molecule has 0 amide bonds. The molecule has 1 fully saturated rings. The summed E-state index contributed by atoms with van der Waals surface area (Å²) in [5.41, 5.74) is 7.46. The van der Waals surface area contributed by atoms with Crippen molar-refractivity contribution in [3.8, 4) is 0 Å². The molecular weight excluding hydrogens is 262 g/mol. The number of hydrogen-bond acceptors (Lipinski definition) is 4. The van der Waals surface area contributed by atoms with E-state index in [1.54, 1.807) is 12.1 Å². The van der Waals surface area contributed by atoms with Gasteiger partial charge in [0.2, 0.25) is 10.0 Å². The van der Waals surface area contributed by atoms with Crippen molar-refractivity contribution in [3.63, 3.8) is 0 Å². The second-order valence-corrected chi connectivity index (χ2v) is 7.16. The minimum Gasteiger partial charge on any atom is -0.397 e. The van der Waals surface area contributed by atoms with Crippen LogP contribution in [0.2, 0.25) is 0 Å². The van der Waals surface area contributed by atoms with Crippen molar-refractivity contribution < 1.29 is 8.42 Å². The number of nitrogens with zero attached hydrogens (tertiary/aromatic N) is 1. The van der Waals surface area contributed by atoms with Crippen molar-refractivity contribution in [1.29, 1.82) is 0 Å². The molecule has 0 radical (unpaired) electrons. The Morgan fingerprint density at radius 1 is 1.37 bits per heavy atom. The monoisotopic (exact) mass is 283 g/mol. The van der Waals surface area contributed by atoms with Crippen LogP contribution in [0.5, 0.6) is 0 Å². The van der Waals surface area contributed by atoms with E-state index >= 15 is 0 Å². The molecule has 2 unspecified atom stereocenters. The Hall–Kier alpha value is -1.27. The molecule has 1 aromatic carbocycles. The van der Waals surface area contributed by atoms with E-state index in [4.69, 9.17) is 5.73 Å². The van der Waals surface area contributed by atoms with Gasteiger partial charge in [0, 0.05) is 12.6 Å². The van der Waals surface area contributed by atoms with Gasteiger partial charge in [0.05, 0.1) is 16.3 Å². The summed E-state index contributed by atoms with van der Waals surface area (Å²) in [5.74, 6) is 0.634. The third kappa shape index (κ3) is 2.69. The first-order valence-corrected chi connectivity index (χ1v) is 7.93. The smallest absolute Gasteiger partial charge is 0.240 e. The van der Waals surface area contributed by atoms with Gasteiger partial charge in [0.25, 0.3) is 0 Å². The summed E-state index contributed by atoms with van der Waals surface area (Å²) < 4.78 is 25.7. The molecule has 0 aromatic heterocycles. The highest BCUT2D eigenvalue weighted by Crippen LogP contribution is 2.33. The zero-order valence-corrected chi connectivity index (χ0v) is 12.4. The maximum absolute atomic E-state index is 11.7. The third-order valence-corrected chi connectivity index (χ3v) is 5.08. The molecule has 0 bridgehead atoms. The van der Waals surface area contributed by atoms with Crippen molar-refractivity contribution >= 4 is 21.4 Å². The van der Waals surface area contributed by atoms with Crippen LogP contribution < -0.4 is 15.4 Å². The number of nitrogens with two attached hydrogens (primary N) is 1. The molecule has 1 aliphatic heterocycles. The minimum absolute atomic E-state index is 0.205. The summed E-state index contributed by atoms with van der Waals surface area (Å²) in [4.78, 5) is 2.45. The van der Waals surface area contributed by atoms with E-state index in [9.17, 15) is 8.42 Å². The van der Waals surface area contributed by atoms with E-state index in [1.165, 1.54) is 13.1 Å². The number of nitrogen functional groups attached to an aromatic ring is 1. The summed E-state index contributed by atoms with van der Waals surface area (Å²) in [6, 6.07) is 5.36. The summed E-state index contributed by atoms with van der Waals surface area (Å²) in [6.07, 6.45) is 1.13. The van der Waals surface area contributed by atoms with Crippen LogP contribution in [-0.4, -0.2) is 28.1 Å². The predicted molar refractivity (Wildman–Crippen MR) is 77.7 cm³/mol. The molecule has 3 N–H and O–H groups in total. The standard InChI is InChI=1S/C13H21N3O2S/c1-9-6-10(2)16(8-9)13-5-4-11(7-12(13)14)19(17,18)15-3/h4-5,7,9-10,15H,6,8,14H2,1-3H3. The van der Waals surface area contributed by atoms with Crippen LogP contribution in [0.15, 0.2) is 23.1 Å². The molecule has 19 heavy (non-hydrogen) atoms. The van der Waals surface area contributed by atoms with Crippen LogP contribution in [-0.2, 0) is 10.0 Å². The maximum Gasteiger partial charge on any atom is 0.240 e. The Morgan fingerprint density at radius 2 is 2.05 bits per heavy atom. The summed E-state index contributed by atoms with van der Waals surface area (Å²) >= 11 is 0. The number of anilines is 2. The lowest BCUT2D eigenvalue weighted by Crippen LogP contribution is -2.27. The van der Waals surface area contributed by atoms with Gasteiger partial charge in [-0.15, -0.1) is 0 Å². The Kier molecular flexibility index (Phi) is 3.73. The lowest BCUT2D eigenvalue weighted by molar-refractivity contribution is 0.588. The SMILES string of the molecule is CNS(=O)(=O)c1ccc(N2CC(C)CC2C)c(N)c1. The average Bonchev–Trinajstić information content (AvgIpc) is 2.68. The molecule has 0 spiro atoms. The van der Waals surface area contributed by atoms with Gasteiger partial charge in [0.1, 0.15) is 0 Å². The average molecular weight is 283 g/mol. The van der Waals surface area contributed by atoms with E-state index < -0.39 is 10.0 Å². The van der Waals surface area contributed by atoms with E-state index in [1.807, 2.05) is 0 Å². The number of benzene rings is 1. The molecular formula is C13H21N3O2S. The first-order valence-electron chi connectivity index (χ1n) is 6.45. The predicted octanol–water partition coefficient (Wildman–Crippen LogP) is 1.41. The lowest BCUT2D eigenvalue weighted by atomic mass is 10.1. The van der Waals surface area contributed by atoms with Gasteiger partial charge in [0.15, 0.2) is 0 Å². The fourth-order valence-electron chi connectivity index (χ4n) is 2.71. The van der Waals surface area contributed by atoms with Crippen LogP contribution in [0.3, 0.4) is 0 Å². The first kappa shape index (κ1) is 14.1. The summed E-state index contributed by atoms with van der Waals surface area (Å²) in [7, 11) is -2.04. The highest BCUT2D eigenvalue weighted by atomic mass is 32.2. The number of hydrogen-bond donors (Lipinski definition) is 2. The molecule has 0 aliphatic carbocycles. The fraction of sp³-hybridized carbons (Fsp3) is 0.538. The second kappa shape index (κ2) is 5.02. The van der Waals surface area contributed by atoms with Crippen LogP contribution in [0.1, 0.15) is 20.3 Å². The molecule has 1 aromatic rings. The van der Waals surface area contributed by atoms with Gasteiger partial charge >= 0.3 is 0 Å². The number of nitrogens with one attached hydrogen (secondary N) is 1. The molecule has 1 aliphatic rings. The Balaban J connectivity index is 2.35. The molecule has 1 saturated heterocycles. The fourth-order valence-corrected chi connectivity index (χ4v) is 3.48. The normalized spacial score (nSPS) is 23.8.